The van der Waals surface area contributed by atoms with Crippen molar-refractivity contribution in [3.8, 4) is 5.69 Å². The van der Waals surface area contributed by atoms with Gasteiger partial charge in [0, 0.05) is 18.7 Å². The Balaban J connectivity index is 1.81. The molecule has 4 nitrogen and oxygen atoms in total. The summed E-state index contributed by atoms with van der Waals surface area (Å²) in [5.74, 6) is 1.28. The molecule has 2 heterocycles. The highest BCUT2D eigenvalue weighted by Gasteiger charge is 2.26. The van der Waals surface area contributed by atoms with E-state index in [4.69, 9.17) is 0 Å². The standard InChI is InChI=1S/C19H24BrN3O/c1-12-9-13(2)11-22(10-12)19(24)16-5-7-17(8-6-16)23-15(4)18(20)14(3)21-23/h5-8,12-13H,9-11H2,1-4H3. The lowest BCUT2D eigenvalue weighted by atomic mass is 9.91. The van der Waals surface area contributed by atoms with Crippen molar-refractivity contribution in [2.45, 2.75) is 34.1 Å². The minimum Gasteiger partial charge on any atom is -0.338 e. The molecule has 0 saturated carbocycles. The third kappa shape index (κ3) is 3.27. The van der Waals surface area contributed by atoms with Gasteiger partial charge < -0.3 is 4.90 Å². The summed E-state index contributed by atoms with van der Waals surface area (Å²) in [6.07, 6.45) is 1.20. The fraction of sp³-hybridized carbons (Fsp3) is 0.474. The molecule has 0 spiro atoms. The monoisotopic (exact) mass is 389 g/mol. The molecule has 0 radical (unpaired) electrons. The zero-order valence-electron chi connectivity index (χ0n) is 14.7. The second kappa shape index (κ2) is 6.71. The quantitative estimate of drug-likeness (QED) is 0.764. The van der Waals surface area contributed by atoms with E-state index in [0.717, 1.165) is 40.2 Å². The third-order valence-corrected chi connectivity index (χ3v) is 5.87. The van der Waals surface area contributed by atoms with Crippen LogP contribution in [0.25, 0.3) is 5.69 Å². The topological polar surface area (TPSA) is 38.1 Å². The van der Waals surface area contributed by atoms with Crippen molar-refractivity contribution in [3.05, 3.63) is 45.7 Å². The van der Waals surface area contributed by atoms with E-state index < -0.39 is 0 Å². The summed E-state index contributed by atoms with van der Waals surface area (Å²) in [6.45, 7) is 10.2. The minimum atomic E-state index is 0.134. The molecule has 128 valence electrons. The number of benzene rings is 1. The van der Waals surface area contributed by atoms with Crippen LogP contribution in [0.5, 0.6) is 0 Å². The Labute approximate surface area is 152 Å². The van der Waals surface area contributed by atoms with Gasteiger partial charge in [0.1, 0.15) is 0 Å². The van der Waals surface area contributed by atoms with Crippen molar-refractivity contribution >= 4 is 21.8 Å². The van der Waals surface area contributed by atoms with Gasteiger partial charge in [-0.05, 0) is 72.3 Å². The van der Waals surface area contributed by atoms with E-state index in [2.05, 4.69) is 34.9 Å². The minimum absolute atomic E-state index is 0.134. The summed E-state index contributed by atoms with van der Waals surface area (Å²) in [7, 11) is 0. The maximum atomic E-state index is 12.8. The van der Waals surface area contributed by atoms with Crippen LogP contribution in [0.1, 0.15) is 42.0 Å². The van der Waals surface area contributed by atoms with Crippen molar-refractivity contribution in [1.82, 2.24) is 14.7 Å². The molecule has 1 aliphatic heterocycles. The molecular weight excluding hydrogens is 366 g/mol. The molecule has 2 atom stereocenters. The normalized spacial score (nSPS) is 21.1. The highest BCUT2D eigenvalue weighted by molar-refractivity contribution is 9.10. The van der Waals surface area contributed by atoms with Crippen molar-refractivity contribution in [2.24, 2.45) is 11.8 Å². The molecule has 3 rings (SSSR count). The summed E-state index contributed by atoms with van der Waals surface area (Å²) in [5.41, 5.74) is 3.74. The first-order chi connectivity index (χ1) is 11.4. The first kappa shape index (κ1) is 17.2. The molecule has 1 aromatic carbocycles. The maximum Gasteiger partial charge on any atom is 0.253 e. The average Bonchev–Trinajstić information content (AvgIpc) is 2.81. The summed E-state index contributed by atoms with van der Waals surface area (Å²) < 4.78 is 2.93. The number of carbonyl (C=O) groups excluding carboxylic acids is 1. The number of carbonyl (C=O) groups is 1. The second-order valence-corrected chi connectivity index (χ2v) is 7.89. The van der Waals surface area contributed by atoms with E-state index in [0.29, 0.717) is 11.8 Å². The molecule has 1 aliphatic rings. The lowest BCUT2D eigenvalue weighted by Gasteiger charge is -2.35. The Morgan fingerprint density at radius 3 is 2.21 bits per heavy atom. The lowest BCUT2D eigenvalue weighted by molar-refractivity contribution is 0.0623. The van der Waals surface area contributed by atoms with Crippen LogP contribution < -0.4 is 0 Å². The van der Waals surface area contributed by atoms with Gasteiger partial charge in [-0.2, -0.15) is 5.10 Å². The van der Waals surface area contributed by atoms with Crippen molar-refractivity contribution in [1.29, 1.82) is 0 Å². The Hall–Kier alpha value is -1.62. The zero-order valence-corrected chi connectivity index (χ0v) is 16.3. The van der Waals surface area contributed by atoms with Crippen molar-refractivity contribution < 1.29 is 4.79 Å². The molecular formula is C19H24BrN3O. The molecule has 2 unspecified atom stereocenters. The van der Waals surface area contributed by atoms with Gasteiger partial charge in [-0.25, -0.2) is 4.68 Å². The maximum absolute atomic E-state index is 12.8. The summed E-state index contributed by atoms with van der Waals surface area (Å²) in [4.78, 5) is 14.8. The number of hydrogen-bond acceptors (Lipinski definition) is 2. The van der Waals surface area contributed by atoms with E-state index in [-0.39, 0.29) is 5.91 Å². The van der Waals surface area contributed by atoms with E-state index in [1.807, 2.05) is 47.7 Å². The summed E-state index contributed by atoms with van der Waals surface area (Å²) >= 11 is 3.55. The van der Waals surface area contributed by atoms with Gasteiger partial charge in [0.15, 0.2) is 0 Å². The fourth-order valence-electron chi connectivity index (χ4n) is 3.63. The Morgan fingerprint density at radius 1 is 1.12 bits per heavy atom. The molecule has 1 amide bonds. The number of nitrogens with zero attached hydrogens (tertiary/aromatic N) is 3. The number of aryl methyl sites for hydroxylation is 1. The van der Waals surface area contributed by atoms with E-state index in [9.17, 15) is 4.79 Å². The van der Waals surface area contributed by atoms with E-state index in [1.165, 1.54) is 6.42 Å². The molecule has 0 N–H and O–H groups in total. The van der Waals surface area contributed by atoms with Crippen LogP contribution in [0.15, 0.2) is 28.7 Å². The Morgan fingerprint density at radius 2 is 1.71 bits per heavy atom. The fourth-order valence-corrected chi connectivity index (χ4v) is 3.88. The van der Waals surface area contributed by atoms with Crippen LogP contribution in [0.3, 0.4) is 0 Å². The second-order valence-electron chi connectivity index (χ2n) is 7.10. The first-order valence-electron chi connectivity index (χ1n) is 8.48. The molecule has 0 bridgehead atoms. The SMILES string of the molecule is Cc1nn(-c2ccc(C(=O)N3CC(C)CC(C)C3)cc2)c(C)c1Br. The van der Waals surface area contributed by atoms with Gasteiger partial charge >= 0.3 is 0 Å². The zero-order chi connectivity index (χ0) is 17.4. The number of aromatic nitrogens is 2. The number of rotatable bonds is 2. The van der Waals surface area contributed by atoms with Crippen LogP contribution in [0.2, 0.25) is 0 Å². The largest absolute Gasteiger partial charge is 0.338 e. The van der Waals surface area contributed by atoms with Gasteiger partial charge in [0.25, 0.3) is 5.91 Å². The average molecular weight is 390 g/mol. The van der Waals surface area contributed by atoms with Crippen molar-refractivity contribution in [3.63, 3.8) is 0 Å². The number of piperidine rings is 1. The van der Waals surface area contributed by atoms with Crippen LogP contribution in [-0.4, -0.2) is 33.7 Å². The molecule has 1 aromatic heterocycles. The molecule has 24 heavy (non-hydrogen) atoms. The molecule has 2 aromatic rings. The van der Waals surface area contributed by atoms with Crippen LogP contribution in [-0.2, 0) is 0 Å². The Kier molecular flexibility index (Phi) is 4.81. The van der Waals surface area contributed by atoms with Gasteiger partial charge in [-0.3, -0.25) is 4.79 Å². The molecule has 0 aliphatic carbocycles. The van der Waals surface area contributed by atoms with Crippen LogP contribution in [0, 0.1) is 25.7 Å². The highest BCUT2D eigenvalue weighted by atomic mass is 79.9. The molecule has 1 fully saturated rings. The molecule has 5 heteroatoms. The summed E-state index contributed by atoms with van der Waals surface area (Å²) in [5, 5.41) is 4.54. The highest BCUT2D eigenvalue weighted by Crippen LogP contribution is 2.25. The van der Waals surface area contributed by atoms with E-state index >= 15 is 0 Å². The first-order valence-corrected chi connectivity index (χ1v) is 9.27. The number of amides is 1. The van der Waals surface area contributed by atoms with Gasteiger partial charge in [-0.15, -0.1) is 0 Å². The van der Waals surface area contributed by atoms with E-state index in [1.54, 1.807) is 0 Å². The van der Waals surface area contributed by atoms with Crippen molar-refractivity contribution in [2.75, 3.05) is 13.1 Å². The smallest absolute Gasteiger partial charge is 0.253 e. The Bertz CT molecular complexity index is 741. The summed E-state index contributed by atoms with van der Waals surface area (Å²) in [6, 6.07) is 7.75. The number of likely N-dealkylation sites (tertiary alicyclic amines) is 1. The van der Waals surface area contributed by atoms with Gasteiger partial charge in [-0.1, -0.05) is 13.8 Å². The predicted molar refractivity (Wildman–Crippen MR) is 99.6 cm³/mol. The van der Waals surface area contributed by atoms with Gasteiger partial charge in [0.2, 0.25) is 0 Å². The third-order valence-electron chi connectivity index (χ3n) is 4.72. The predicted octanol–water partition coefficient (Wildman–Crippen LogP) is 4.37. The lowest BCUT2D eigenvalue weighted by Crippen LogP contribution is -2.42. The van der Waals surface area contributed by atoms with Crippen LogP contribution in [0.4, 0.5) is 0 Å². The molecule has 1 saturated heterocycles. The number of halogens is 1. The van der Waals surface area contributed by atoms with Gasteiger partial charge in [0.05, 0.1) is 21.5 Å². The number of hydrogen-bond donors (Lipinski definition) is 0. The van der Waals surface area contributed by atoms with Crippen LogP contribution >= 0.6 is 15.9 Å².